The lowest BCUT2D eigenvalue weighted by atomic mass is 9.93. The fourth-order valence-corrected chi connectivity index (χ4v) is 5.88. The number of aromatic nitrogens is 3. The van der Waals surface area contributed by atoms with E-state index in [0.29, 0.717) is 11.6 Å². The van der Waals surface area contributed by atoms with Crippen LogP contribution < -0.4 is 10.6 Å². The van der Waals surface area contributed by atoms with Gasteiger partial charge in [0, 0.05) is 30.5 Å². The Morgan fingerprint density at radius 2 is 1.84 bits per heavy atom. The summed E-state index contributed by atoms with van der Waals surface area (Å²) in [5, 5.41) is 26.9. The van der Waals surface area contributed by atoms with Gasteiger partial charge in [0.1, 0.15) is 17.7 Å². The minimum absolute atomic E-state index is 0.174. The van der Waals surface area contributed by atoms with E-state index in [0.717, 1.165) is 83.4 Å². The van der Waals surface area contributed by atoms with Crippen LogP contribution in [-0.2, 0) is 6.54 Å². The van der Waals surface area contributed by atoms with Crippen molar-refractivity contribution in [3.63, 3.8) is 0 Å². The van der Waals surface area contributed by atoms with Gasteiger partial charge in [0.25, 0.3) is 0 Å². The van der Waals surface area contributed by atoms with Gasteiger partial charge >= 0.3 is 0 Å². The van der Waals surface area contributed by atoms with Gasteiger partial charge in [0.2, 0.25) is 0 Å². The van der Waals surface area contributed by atoms with Crippen molar-refractivity contribution < 1.29 is 5.11 Å². The molecule has 0 amide bonds. The largest absolute Gasteiger partial charge is 0.393 e. The van der Waals surface area contributed by atoms with Gasteiger partial charge in [0.15, 0.2) is 5.13 Å². The molecule has 0 unspecified atom stereocenters. The lowest BCUT2D eigenvalue weighted by Gasteiger charge is -2.31. The molecule has 3 N–H and O–H groups in total. The van der Waals surface area contributed by atoms with E-state index in [-0.39, 0.29) is 6.10 Å². The summed E-state index contributed by atoms with van der Waals surface area (Å²) in [6.07, 6.45) is 8.01. The molecule has 0 spiro atoms. The Morgan fingerprint density at radius 1 is 1.00 bits per heavy atom. The van der Waals surface area contributed by atoms with Gasteiger partial charge < -0.3 is 15.7 Å². The molecule has 0 radical (unpaired) electrons. The van der Waals surface area contributed by atoms with E-state index in [1.54, 1.807) is 23.7 Å². The van der Waals surface area contributed by atoms with E-state index in [9.17, 15) is 10.4 Å². The molecule has 1 aromatic carbocycles. The Morgan fingerprint density at radius 3 is 2.62 bits per heavy atom. The molecule has 0 atom stereocenters. The van der Waals surface area contributed by atoms with Crippen molar-refractivity contribution >= 4 is 38.3 Å². The van der Waals surface area contributed by atoms with Crippen molar-refractivity contribution in [2.24, 2.45) is 0 Å². The molecule has 4 aromatic rings. The van der Waals surface area contributed by atoms with Gasteiger partial charge in [-0.25, -0.2) is 9.97 Å². The highest BCUT2D eigenvalue weighted by Gasteiger charge is 2.21. The first-order valence-corrected chi connectivity index (χ1v) is 13.6. The van der Waals surface area contributed by atoms with Gasteiger partial charge in [-0.1, -0.05) is 17.4 Å². The maximum atomic E-state index is 9.86. The lowest BCUT2D eigenvalue weighted by molar-refractivity contribution is 0.126. The number of aliphatic hydroxyl groups is 1. The molecule has 1 saturated carbocycles. The molecule has 1 aliphatic carbocycles. The number of nitriles is 1. The fraction of sp³-hybridized carbons (Fsp3) is 0.357. The average molecular weight is 512 g/mol. The van der Waals surface area contributed by atoms with Crippen LogP contribution in [0.25, 0.3) is 21.3 Å². The zero-order valence-electron chi connectivity index (χ0n) is 20.5. The molecule has 6 rings (SSSR count). The van der Waals surface area contributed by atoms with Crippen LogP contribution in [0.15, 0.2) is 48.8 Å². The first-order valence-electron chi connectivity index (χ1n) is 12.8. The van der Waals surface area contributed by atoms with E-state index in [4.69, 9.17) is 9.97 Å². The van der Waals surface area contributed by atoms with Crippen LogP contribution >= 0.6 is 11.3 Å². The van der Waals surface area contributed by atoms with E-state index in [2.05, 4.69) is 44.8 Å². The van der Waals surface area contributed by atoms with Gasteiger partial charge in [0.05, 0.1) is 21.9 Å². The van der Waals surface area contributed by atoms with Crippen LogP contribution in [0.4, 0.5) is 16.8 Å². The van der Waals surface area contributed by atoms with Crippen molar-refractivity contribution in [1.82, 2.24) is 19.9 Å². The molecule has 4 heterocycles. The molecule has 37 heavy (non-hydrogen) atoms. The Hall–Kier alpha value is -3.58. The quantitative estimate of drug-likeness (QED) is 0.307. The van der Waals surface area contributed by atoms with E-state index >= 15 is 0 Å². The summed E-state index contributed by atoms with van der Waals surface area (Å²) < 4.78 is 1.05. The fourth-order valence-electron chi connectivity index (χ4n) is 4.97. The Balaban J connectivity index is 1.24. The zero-order valence-corrected chi connectivity index (χ0v) is 21.3. The number of thiazole rings is 1. The number of nitrogens with one attached hydrogen (secondary N) is 2. The predicted octanol–water partition coefficient (Wildman–Crippen LogP) is 5.29. The molecule has 188 valence electrons. The number of anilines is 3. The lowest BCUT2D eigenvalue weighted by Crippen LogP contribution is -2.36. The second-order valence-corrected chi connectivity index (χ2v) is 11.0. The Labute approximate surface area is 220 Å². The van der Waals surface area contributed by atoms with E-state index in [1.807, 2.05) is 18.2 Å². The molecule has 8 nitrogen and oxygen atoms in total. The molecular weight excluding hydrogens is 482 g/mol. The smallest absolute Gasteiger partial charge is 0.189 e. The number of hydrogen-bond acceptors (Lipinski definition) is 9. The first kappa shape index (κ1) is 23.8. The van der Waals surface area contributed by atoms with Gasteiger partial charge in [-0.05, 0) is 86.7 Å². The third kappa shape index (κ3) is 5.57. The summed E-state index contributed by atoms with van der Waals surface area (Å²) in [5.41, 5.74) is 4.60. The maximum absolute atomic E-state index is 9.86. The van der Waals surface area contributed by atoms with Gasteiger partial charge in [-0.3, -0.25) is 9.88 Å². The van der Waals surface area contributed by atoms with Crippen molar-refractivity contribution in [1.29, 1.82) is 5.26 Å². The predicted molar refractivity (Wildman–Crippen MR) is 147 cm³/mol. The molecular formula is C28H29N7OS. The monoisotopic (exact) mass is 511 g/mol. The molecule has 2 fully saturated rings. The number of fused-ring (bicyclic) bond motifs is 1. The topological polar surface area (TPSA) is 110 Å². The SMILES string of the molecule is N#Cc1cncc(-c2ccc3nc(Nc4cc(CN5CCC5)cc(N[C@H]5CC[C@H](O)CC5)n4)sc3c2)c1. The summed E-state index contributed by atoms with van der Waals surface area (Å²) in [7, 11) is 0. The van der Waals surface area contributed by atoms with Crippen LogP contribution in [0.3, 0.4) is 0 Å². The van der Waals surface area contributed by atoms with Gasteiger partial charge in [-0.2, -0.15) is 5.26 Å². The van der Waals surface area contributed by atoms with Crippen molar-refractivity contribution in [3.8, 4) is 17.2 Å². The van der Waals surface area contributed by atoms with E-state index in [1.165, 1.54) is 12.0 Å². The van der Waals surface area contributed by atoms with Crippen molar-refractivity contribution in [2.75, 3.05) is 23.7 Å². The molecule has 1 aliphatic heterocycles. The standard InChI is InChI=1S/C28H29N7OS/c29-14-19-10-21(16-30-15-19)20-2-7-24-25(13-20)37-28(32-24)34-27-12-18(17-35-8-1-9-35)11-26(33-27)31-22-3-5-23(36)6-4-22/h2,7,10-13,15-16,22-23,36H,1,3-6,8-9,17H2,(H2,31,32,33,34)/t22-,23-. The number of nitrogens with zero attached hydrogens (tertiary/aromatic N) is 5. The van der Waals surface area contributed by atoms with Crippen LogP contribution in [0.1, 0.15) is 43.2 Å². The van der Waals surface area contributed by atoms with E-state index < -0.39 is 0 Å². The number of aliphatic hydroxyl groups excluding tert-OH is 1. The number of benzene rings is 1. The minimum Gasteiger partial charge on any atom is -0.393 e. The maximum Gasteiger partial charge on any atom is 0.189 e. The van der Waals surface area contributed by atoms with Gasteiger partial charge in [-0.15, -0.1) is 0 Å². The highest BCUT2D eigenvalue weighted by atomic mass is 32.1. The normalized spacial score (nSPS) is 19.8. The highest BCUT2D eigenvalue weighted by molar-refractivity contribution is 7.22. The number of pyridine rings is 2. The second-order valence-electron chi connectivity index (χ2n) is 9.93. The third-order valence-electron chi connectivity index (χ3n) is 7.11. The van der Waals surface area contributed by atoms with Crippen LogP contribution in [0.2, 0.25) is 0 Å². The summed E-state index contributed by atoms with van der Waals surface area (Å²) in [6.45, 7) is 3.19. The Bertz CT molecular complexity index is 1450. The first-order chi connectivity index (χ1) is 18.1. The van der Waals surface area contributed by atoms with Crippen LogP contribution in [-0.4, -0.2) is 50.2 Å². The second kappa shape index (κ2) is 10.4. The highest BCUT2D eigenvalue weighted by Crippen LogP contribution is 2.33. The summed E-state index contributed by atoms with van der Waals surface area (Å²) in [6, 6.07) is 14.7. The third-order valence-corrected chi connectivity index (χ3v) is 8.05. The number of rotatable bonds is 7. The molecule has 0 bridgehead atoms. The van der Waals surface area contributed by atoms with Crippen LogP contribution in [0.5, 0.6) is 0 Å². The number of hydrogen-bond donors (Lipinski definition) is 3. The molecule has 1 saturated heterocycles. The minimum atomic E-state index is -0.174. The van der Waals surface area contributed by atoms with Crippen molar-refractivity contribution in [2.45, 2.75) is 50.8 Å². The molecule has 9 heteroatoms. The zero-order chi connectivity index (χ0) is 25.2. The Kier molecular flexibility index (Phi) is 6.70. The molecule has 2 aliphatic rings. The summed E-state index contributed by atoms with van der Waals surface area (Å²) in [4.78, 5) is 16.3. The number of likely N-dealkylation sites (tertiary alicyclic amines) is 1. The average Bonchev–Trinajstić information content (AvgIpc) is 3.29. The summed E-state index contributed by atoms with van der Waals surface area (Å²) >= 11 is 1.58. The molecule has 3 aromatic heterocycles. The van der Waals surface area contributed by atoms with Crippen LogP contribution in [0, 0.1) is 11.3 Å². The summed E-state index contributed by atoms with van der Waals surface area (Å²) in [5.74, 6) is 1.65. The van der Waals surface area contributed by atoms with Crippen molar-refractivity contribution in [3.05, 3.63) is 59.9 Å².